The third kappa shape index (κ3) is 4.86. The Hall–Kier alpha value is -2.57. The lowest BCUT2D eigenvalue weighted by molar-refractivity contribution is -0.348. The van der Waals surface area contributed by atoms with Crippen molar-refractivity contribution in [1.29, 1.82) is 0 Å². The summed E-state index contributed by atoms with van der Waals surface area (Å²) in [6, 6.07) is 1.97. The molecule has 0 spiro atoms. The van der Waals surface area contributed by atoms with Gasteiger partial charge in [0.05, 0.1) is 21.8 Å². The van der Waals surface area contributed by atoms with Gasteiger partial charge in [0.25, 0.3) is 5.91 Å². The number of benzene rings is 1. The van der Waals surface area contributed by atoms with E-state index in [-0.39, 0.29) is 40.5 Å². The zero-order valence-electron chi connectivity index (χ0n) is 18.4. The second-order valence-corrected chi connectivity index (χ2v) is 9.50. The molecule has 0 radical (unpaired) electrons. The summed E-state index contributed by atoms with van der Waals surface area (Å²) in [6.07, 6.45) is -7.01. The maximum atomic E-state index is 14.5. The maximum Gasteiger partial charge on any atom is 0.435 e. The molecular weight excluding hydrogens is 576 g/mol. The van der Waals surface area contributed by atoms with E-state index in [1.807, 2.05) is 0 Å². The van der Waals surface area contributed by atoms with Crippen molar-refractivity contribution in [2.45, 2.75) is 36.9 Å². The molecule has 0 N–H and O–H groups in total. The number of hydrogen-bond acceptors (Lipinski definition) is 3. The summed E-state index contributed by atoms with van der Waals surface area (Å²) >= 11 is 18.0. The highest BCUT2D eigenvalue weighted by Crippen LogP contribution is 2.54. The normalized spacial score (nSPS) is 14.7. The van der Waals surface area contributed by atoms with E-state index in [2.05, 4.69) is 10.1 Å². The Kier molecular flexibility index (Phi) is 6.92. The molecule has 0 aliphatic heterocycles. The van der Waals surface area contributed by atoms with Crippen LogP contribution in [0.2, 0.25) is 15.2 Å². The Morgan fingerprint density at radius 3 is 2.03 bits per heavy atom. The molecule has 1 aliphatic carbocycles. The molecule has 198 valence electrons. The summed E-state index contributed by atoms with van der Waals surface area (Å²) in [5.74, 6) is -0.347. The number of rotatable bonds is 5. The first-order valence-electron chi connectivity index (χ1n) is 10.4. The van der Waals surface area contributed by atoms with E-state index in [1.54, 1.807) is 11.9 Å². The lowest BCUT2D eigenvalue weighted by atomic mass is 9.94. The third-order valence-corrected chi connectivity index (χ3v) is 6.70. The van der Waals surface area contributed by atoms with Gasteiger partial charge in [-0.1, -0.05) is 34.8 Å². The van der Waals surface area contributed by atoms with Crippen molar-refractivity contribution in [1.82, 2.24) is 19.7 Å². The Balaban J connectivity index is 1.72. The van der Waals surface area contributed by atoms with Crippen molar-refractivity contribution < 1.29 is 35.5 Å². The van der Waals surface area contributed by atoms with Crippen LogP contribution in [-0.4, -0.2) is 51.0 Å². The third-order valence-electron chi connectivity index (χ3n) is 5.83. The van der Waals surface area contributed by atoms with Crippen molar-refractivity contribution in [3.63, 3.8) is 0 Å². The standard InChI is InChI=1S/C22H14Cl3F7N4O/c1-35(13-2-3-13)19(37)14-4-10(7-33-18(14)25)11-8-34-36(9-11)17-15(23)5-12(6-16(17)24)20(26,21(27,28)29)22(30,31)32/h4-9,13H,2-3H2,1H3. The van der Waals surface area contributed by atoms with Gasteiger partial charge >= 0.3 is 18.0 Å². The zero-order chi connectivity index (χ0) is 27.5. The molecule has 1 aliphatic rings. The quantitative estimate of drug-likeness (QED) is 0.230. The smallest absolute Gasteiger partial charge is 0.339 e. The predicted octanol–water partition coefficient (Wildman–Crippen LogP) is 7.42. The topological polar surface area (TPSA) is 51.0 Å². The number of carbonyl (C=O) groups excluding carboxylic acids is 1. The molecule has 2 aromatic heterocycles. The van der Waals surface area contributed by atoms with Crippen LogP contribution < -0.4 is 0 Å². The fraction of sp³-hybridized carbons (Fsp3) is 0.318. The minimum atomic E-state index is -6.33. The molecule has 37 heavy (non-hydrogen) atoms. The largest absolute Gasteiger partial charge is 0.435 e. The fourth-order valence-corrected chi connectivity index (χ4v) is 4.48. The average Bonchev–Trinajstić information content (AvgIpc) is 3.53. The van der Waals surface area contributed by atoms with Gasteiger partial charge in [0.15, 0.2) is 0 Å². The van der Waals surface area contributed by atoms with Crippen LogP contribution in [0.4, 0.5) is 30.7 Å². The highest BCUT2D eigenvalue weighted by atomic mass is 35.5. The Labute approximate surface area is 219 Å². The molecule has 0 atom stereocenters. The zero-order valence-corrected chi connectivity index (χ0v) is 20.7. The lowest BCUT2D eigenvalue weighted by Crippen LogP contribution is -2.50. The minimum absolute atomic E-state index is 0.0284. The van der Waals surface area contributed by atoms with Gasteiger partial charge in [0.2, 0.25) is 0 Å². The van der Waals surface area contributed by atoms with Gasteiger partial charge in [-0.05, 0) is 31.0 Å². The van der Waals surface area contributed by atoms with Crippen LogP contribution in [0.15, 0.2) is 36.8 Å². The molecule has 5 nitrogen and oxygen atoms in total. The van der Waals surface area contributed by atoms with Crippen molar-refractivity contribution >= 4 is 40.7 Å². The van der Waals surface area contributed by atoms with E-state index >= 15 is 0 Å². The second-order valence-electron chi connectivity index (χ2n) is 8.33. The van der Waals surface area contributed by atoms with Gasteiger partial charge in [0, 0.05) is 42.2 Å². The van der Waals surface area contributed by atoms with Crippen LogP contribution in [0.3, 0.4) is 0 Å². The van der Waals surface area contributed by atoms with Crippen LogP contribution in [-0.2, 0) is 5.67 Å². The summed E-state index contributed by atoms with van der Waals surface area (Å²) < 4.78 is 94.3. The van der Waals surface area contributed by atoms with Crippen molar-refractivity contribution in [3.05, 3.63) is 63.1 Å². The van der Waals surface area contributed by atoms with Crippen LogP contribution in [0.1, 0.15) is 28.8 Å². The molecule has 15 heteroatoms. The number of nitrogens with zero attached hydrogens (tertiary/aromatic N) is 4. The number of hydrogen-bond donors (Lipinski definition) is 0. The van der Waals surface area contributed by atoms with E-state index in [9.17, 15) is 35.5 Å². The Morgan fingerprint density at radius 2 is 1.51 bits per heavy atom. The van der Waals surface area contributed by atoms with Crippen molar-refractivity contribution in [3.8, 4) is 16.8 Å². The van der Waals surface area contributed by atoms with Gasteiger partial charge < -0.3 is 4.90 Å². The van der Waals surface area contributed by atoms with Crippen LogP contribution in [0.25, 0.3) is 16.8 Å². The number of alkyl halides is 7. The van der Waals surface area contributed by atoms with E-state index in [0.29, 0.717) is 11.1 Å². The molecule has 3 aromatic rings. The first kappa shape index (κ1) is 27.5. The van der Waals surface area contributed by atoms with E-state index in [1.165, 1.54) is 24.7 Å². The summed E-state index contributed by atoms with van der Waals surface area (Å²) in [7, 11) is 1.64. The fourth-order valence-electron chi connectivity index (χ4n) is 3.64. The van der Waals surface area contributed by atoms with E-state index in [4.69, 9.17) is 34.8 Å². The molecule has 1 aromatic carbocycles. The maximum absolute atomic E-state index is 14.5. The summed E-state index contributed by atoms with van der Waals surface area (Å²) in [5.41, 5.74) is -6.98. The molecule has 1 saturated carbocycles. The molecule has 0 bridgehead atoms. The highest BCUT2D eigenvalue weighted by Gasteiger charge is 2.73. The number of halogens is 10. The summed E-state index contributed by atoms with van der Waals surface area (Å²) in [4.78, 5) is 18.3. The molecule has 4 rings (SSSR count). The van der Waals surface area contributed by atoms with Crippen LogP contribution in [0.5, 0.6) is 0 Å². The van der Waals surface area contributed by atoms with Crippen molar-refractivity contribution in [2.24, 2.45) is 0 Å². The van der Waals surface area contributed by atoms with Crippen molar-refractivity contribution in [2.75, 3.05) is 7.05 Å². The predicted molar refractivity (Wildman–Crippen MR) is 122 cm³/mol. The van der Waals surface area contributed by atoms with Gasteiger partial charge in [0.1, 0.15) is 10.8 Å². The number of amides is 1. The number of pyridine rings is 1. The molecule has 2 heterocycles. The Morgan fingerprint density at radius 1 is 0.946 bits per heavy atom. The second kappa shape index (κ2) is 9.32. The van der Waals surface area contributed by atoms with E-state index in [0.717, 1.165) is 17.5 Å². The number of carbonyl (C=O) groups is 1. The van der Waals surface area contributed by atoms with E-state index < -0.39 is 33.6 Å². The molecule has 1 amide bonds. The minimum Gasteiger partial charge on any atom is -0.339 e. The molecule has 1 fully saturated rings. The first-order chi connectivity index (χ1) is 17.1. The Bertz CT molecular complexity index is 1330. The molecular formula is C22H14Cl3F7N4O. The first-order valence-corrected chi connectivity index (χ1v) is 11.5. The van der Waals surface area contributed by atoms with Gasteiger partial charge in [-0.3, -0.25) is 4.79 Å². The molecule has 0 unspecified atom stereocenters. The van der Waals surface area contributed by atoms with Crippen LogP contribution in [0, 0.1) is 0 Å². The lowest BCUT2D eigenvalue weighted by Gasteiger charge is -2.30. The highest BCUT2D eigenvalue weighted by molar-refractivity contribution is 6.38. The van der Waals surface area contributed by atoms with Crippen LogP contribution >= 0.6 is 34.8 Å². The summed E-state index contributed by atoms with van der Waals surface area (Å²) in [5, 5.41) is 2.53. The van der Waals surface area contributed by atoms with Gasteiger partial charge in [-0.25, -0.2) is 14.1 Å². The van der Waals surface area contributed by atoms with Gasteiger partial charge in [-0.15, -0.1) is 0 Å². The SMILES string of the molecule is CN(C(=O)c1cc(-c2cnn(-c3c(Cl)cc(C(F)(C(F)(F)F)C(F)(F)F)cc3Cl)c2)cnc1Cl)C1CC1. The monoisotopic (exact) mass is 588 g/mol. The van der Waals surface area contributed by atoms with Gasteiger partial charge in [-0.2, -0.15) is 31.4 Å². The number of aromatic nitrogens is 3. The molecule has 0 saturated heterocycles. The average molecular weight is 590 g/mol. The summed E-state index contributed by atoms with van der Waals surface area (Å²) in [6.45, 7) is 0.